The van der Waals surface area contributed by atoms with Gasteiger partial charge in [-0.1, -0.05) is 18.2 Å². The molecular formula is C15H18N4O. The number of pyridine rings is 1. The van der Waals surface area contributed by atoms with Crippen molar-refractivity contribution in [3.05, 3.63) is 35.9 Å². The van der Waals surface area contributed by atoms with Crippen molar-refractivity contribution in [3.63, 3.8) is 0 Å². The molecule has 0 radical (unpaired) electrons. The van der Waals surface area contributed by atoms with E-state index in [2.05, 4.69) is 22.2 Å². The Hall–Kier alpha value is -2.14. The van der Waals surface area contributed by atoms with Gasteiger partial charge >= 0.3 is 0 Å². The van der Waals surface area contributed by atoms with Crippen LogP contribution in [-0.4, -0.2) is 42.0 Å². The molecule has 0 aliphatic carbocycles. The normalized spacial score (nSPS) is 19.4. The topological polar surface area (TPSA) is 71.2 Å². The lowest BCUT2D eigenvalue weighted by atomic mass is 10.1. The average molecular weight is 270 g/mol. The summed E-state index contributed by atoms with van der Waals surface area (Å²) in [4.78, 5) is 18.9. The second-order valence-electron chi connectivity index (χ2n) is 5.33. The van der Waals surface area contributed by atoms with E-state index in [1.54, 1.807) is 6.07 Å². The first kappa shape index (κ1) is 12.9. The molecular weight excluding hydrogens is 252 g/mol. The van der Waals surface area contributed by atoms with E-state index >= 15 is 0 Å². The molecule has 5 nitrogen and oxygen atoms in total. The quantitative estimate of drug-likeness (QED) is 0.861. The van der Waals surface area contributed by atoms with Crippen LogP contribution < -0.4 is 11.1 Å². The van der Waals surface area contributed by atoms with Gasteiger partial charge in [0.2, 0.25) is 0 Å². The molecule has 0 spiro atoms. The van der Waals surface area contributed by atoms with Crippen molar-refractivity contribution in [2.75, 3.05) is 25.9 Å². The summed E-state index contributed by atoms with van der Waals surface area (Å²) in [5, 5.41) is 3.92. The molecule has 2 heterocycles. The van der Waals surface area contributed by atoms with Crippen LogP contribution >= 0.6 is 0 Å². The van der Waals surface area contributed by atoms with E-state index in [9.17, 15) is 4.79 Å². The van der Waals surface area contributed by atoms with E-state index in [1.807, 2.05) is 24.3 Å². The smallest absolute Gasteiger partial charge is 0.252 e. The van der Waals surface area contributed by atoms with Gasteiger partial charge in [-0.3, -0.25) is 4.79 Å². The number of hydrogen-bond donors (Lipinski definition) is 2. The minimum Gasteiger partial charge on any atom is -0.384 e. The maximum Gasteiger partial charge on any atom is 0.252 e. The highest BCUT2D eigenvalue weighted by Crippen LogP contribution is 2.20. The van der Waals surface area contributed by atoms with Crippen molar-refractivity contribution < 1.29 is 4.79 Å². The van der Waals surface area contributed by atoms with Crippen LogP contribution in [0.4, 0.5) is 5.82 Å². The van der Waals surface area contributed by atoms with Crippen LogP contribution in [0.15, 0.2) is 30.3 Å². The summed E-state index contributed by atoms with van der Waals surface area (Å²) in [6.45, 7) is 1.91. The van der Waals surface area contributed by atoms with E-state index in [1.165, 1.54) is 0 Å². The van der Waals surface area contributed by atoms with Crippen molar-refractivity contribution in [1.29, 1.82) is 0 Å². The van der Waals surface area contributed by atoms with Gasteiger partial charge in [-0.25, -0.2) is 4.98 Å². The summed E-state index contributed by atoms with van der Waals surface area (Å²) in [5.41, 5.74) is 7.14. The lowest BCUT2D eigenvalue weighted by Crippen LogP contribution is -2.36. The van der Waals surface area contributed by atoms with E-state index < -0.39 is 0 Å². The number of carbonyl (C=O) groups is 1. The molecule has 20 heavy (non-hydrogen) atoms. The molecule has 104 valence electrons. The molecule has 1 aliphatic rings. The molecule has 0 saturated carbocycles. The van der Waals surface area contributed by atoms with Crippen molar-refractivity contribution in [2.45, 2.75) is 12.5 Å². The highest BCUT2D eigenvalue weighted by atomic mass is 16.1. The number of nitrogen functional groups attached to an aromatic ring is 1. The number of likely N-dealkylation sites (tertiary alicyclic amines) is 1. The van der Waals surface area contributed by atoms with Gasteiger partial charge in [0.15, 0.2) is 0 Å². The second kappa shape index (κ2) is 5.09. The molecule has 1 aliphatic heterocycles. The minimum absolute atomic E-state index is 0.0735. The first-order valence-electron chi connectivity index (χ1n) is 6.78. The zero-order valence-corrected chi connectivity index (χ0v) is 11.5. The van der Waals surface area contributed by atoms with E-state index in [-0.39, 0.29) is 11.9 Å². The van der Waals surface area contributed by atoms with Gasteiger partial charge in [0.05, 0.1) is 11.1 Å². The zero-order valence-electron chi connectivity index (χ0n) is 11.5. The minimum atomic E-state index is -0.0735. The van der Waals surface area contributed by atoms with Crippen molar-refractivity contribution in [1.82, 2.24) is 15.2 Å². The lowest BCUT2D eigenvalue weighted by molar-refractivity contribution is 0.0940. The Morgan fingerprint density at radius 2 is 2.25 bits per heavy atom. The van der Waals surface area contributed by atoms with Crippen LogP contribution in [0.2, 0.25) is 0 Å². The number of hydrogen-bond acceptors (Lipinski definition) is 4. The van der Waals surface area contributed by atoms with Crippen LogP contribution in [-0.2, 0) is 0 Å². The van der Waals surface area contributed by atoms with Crippen LogP contribution in [0, 0.1) is 0 Å². The summed E-state index contributed by atoms with van der Waals surface area (Å²) in [6.07, 6.45) is 0.987. The summed E-state index contributed by atoms with van der Waals surface area (Å²) >= 11 is 0. The number of aromatic nitrogens is 1. The highest BCUT2D eigenvalue weighted by Gasteiger charge is 2.22. The fraction of sp³-hybridized carbons (Fsp3) is 0.333. The molecule has 1 fully saturated rings. The standard InChI is InChI=1S/C15H18N4O/c1-19-7-6-10(9-19)17-15(20)12-8-14(16)18-13-5-3-2-4-11(12)13/h2-5,8,10H,6-7,9H2,1H3,(H2,16,18)(H,17,20). The number of nitrogens with two attached hydrogens (primary N) is 1. The van der Waals surface area contributed by atoms with Gasteiger partial charge in [-0.2, -0.15) is 0 Å². The molecule has 1 unspecified atom stereocenters. The maximum absolute atomic E-state index is 12.5. The molecule has 2 aromatic rings. The Bertz CT molecular complexity index is 655. The van der Waals surface area contributed by atoms with Crippen molar-refractivity contribution >= 4 is 22.6 Å². The first-order chi connectivity index (χ1) is 9.63. The molecule has 3 rings (SSSR count). The van der Waals surface area contributed by atoms with Gasteiger partial charge in [-0.15, -0.1) is 0 Å². The molecule has 1 aromatic heterocycles. The van der Waals surface area contributed by atoms with Gasteiger partial charge < -0.3 is 16.0 Å². The Morgan fingerprint density at radius 1 is 1.45 bits per heavy atom. The average Bonchev–Trinajstić information content (AvgIpc) is 2.83. The second-order valence-corrected chi connectivity index (χ2v) is 5.33. The fourth-order valence-corrected chi connectivity index (χ4v) is 2.70. The Balaban J connectivity index is 1.91. The Kier molecular flexibility index (Phi) is 3.28. The predicted octanol–water partition coefficient (Wildman–Crippen LogP) is 1.25. The summed E-state index contributed by atoms with van der Waals surface area (Å²) in [5.74, 6) is 0.299. The van der Waals surface area contributed by atoms with Gasteiger partial charge in [-0.05, 0) is 32.1 Å². The SMILES string of the molecule is CN1CCC(NC(=O)c2cc(N)nc3ccccc23)C1. The molecule has 1 atom stereocenters. The Morgan fingerprint density at radius 3 is 3.00 bits per heavy atom. The third-order valence-electron chi connectivity index (χ3n) is 3.71. The number of anilines is 1. The van der Waals surface area contributed by atoms with E-state index in [0.29, 0.717) is 11.4 Å². The lowest BCUT2D eigenvalue weighted by Gasteiger charge is -2.14. The number of benzene rings is 1. The largest absolute Gasteiger partial charge is 0.384 e. The van der Waals surface area contributed by atoms with E-state index in [0.717, 1.165) is 30.4 Å². The monoisotopic (exact) mass is 270 g/mol. The summed E-state index contributed by atoms with van der Waals surface area (Å²) in [6, 6.07) is 9.42. The third kappa shape index (κ3) is 2.44. The molecule has 0 bridgehead atoms. The maximum atomic E-state index is 12.5. The number of likely N-dealkylation sites (N-methyl/N-ethyl adjacent to an activating group) is 1. The van der Waals surface area contributed by atoms with Gasteiger partial charge in [0.25, 0.3) is 5.91 Å². The highest BCUT2D eigenvalue weighted by molar-refractivity contribution is 6.07. The molecule has 5 heteroatoms. The molecule has 3 N–H and O–H groups in total. The van der Waals surface area contributed by atoms with Gasteiger partial charge in [0.1, 0.15) is 5.82 Å². The summed E-state index contributed by atoms with van der Waals surface area (Å²) in [7, 11) is 2.06. The van der Waals surface area contributed by atoms with Crippen molar-refractivity contribution in [2.24, 2.45) is 0 Å². The summed E-state index contributed by atoms with van der Waals surface area (Å²) < 4.78 is 0. The van der Waals surface area contributed by atoms with Crippen molar-refractivity contribution in [3.8, 4) is 0 Å². The molecule has 1 aromatic carbocycles. The number of nitrogens with zero attached hydrogens (tertiary/aromatic N) is 2. The van der Waals surface area contributed by atoms with E-state index in [4.69, 9.17) is 5.73 Å². The molecule has 1 amide bonds. The number of para-hydroxylation sites is 1. The first-order valence-corrected chi connectivity index (χ1v) is 6.78. The van der Waals surface area contributed by atoms with Crippen LogP contribution in [0.5, 0.6) is 0 Å². The van der Waals surface area contributed by atoms with Crippen LogP contribution in [0.25, 0.3) is 10.9 Å². The predicted molar refractivity (Wildman–Crippen MR) is 79.5 cm³/mol. The number of rotatable bonds is 2. The number of nitrogens with one attached hydrogen (secondary N) is 1. The molecule has 1 saturated heterocycles. The zero-order chi connectivity index (χ0) is 14.1. The number of amides is 1. The van der Waals surface area contributed by atoms with Gasteiger partial charge in [0, 0.05) is 18.0 Å². The number of carbonyl (C=O) groups excluding carboxylic acids is 1. The fourth-order valence-electron chi connectivity index (χ4n) is 2.70. The third-order valence-corrected chi connectivity index (χ3v) is 3.71. The number of fused-ring (bicyclic) bond motifs is 1. The van der Waals surface area contributed by atoms with Crippen LogP contribution in [0.3, 0.4) is 0 Å². The van der Waals surface area contributed by atoms with Crippen LogP contribution in [0.1, 0.15) is 16.8 Å². The Labute approximate surface area is 117 Å².